The number of para-hydroxylation sites is 2. The van der Waals surface area contributed by atoms with Gasteiger partial charge in [-0.15, -0.1) is 0 Å². The molecule has 4 heteroatoms. The predicted molar refractivity (Wildman–Crippen MR) is 102 cm³/mol. The van der Waals surface area contributed by atoms with Crippen LogP contribution < -0.4 is 10.2 Å². The first-order chi connectivity index (χ1) is 11.0. The number of anilines is 2. The lowest BCUT2D eigenvalue weighted by Crippen LogP contribution is -2.32. The van der Waals surface area contributed by atoms with E-state index in [0.717, 1.165) is 17.7 Å². The lowest BCUT2D eigenvalue weighted by molar-refractivity contribution is 0.322. The van der Waals surface area contributed by atoms with Crippen LogP contribution in [0.3, 0.4) is 0 Å². The normalized spacial score (nSPS) is 16.0. The van der Waals surface area contributed by atoms with Crippen molar-refractivity contribution in [2.24, 2.45) is 5.16 Å². The topological polar surface area (TPSA) is 47.9 Å². The van der Waals surface area contributed by atoms with Gasteiger partial charge in [0.15, 0.2) is 0 Å². The second kappa shape index (κ2) is 6.95. The van der Waals surface area contributed by atoms with Crippen molar-refractivity contribution >= 4 is 17.6 Å². The van der Waals surface area contributed by atoms with Gasteiger partial charge in [-0.2, -0.15) is 0 Å². The molecule has 1 unspecified atom stereocenters. The number of rotatable bonds is 3. The smallest absolute Gasteiger partial charge is 0.0965 e. The SMILES string of the molecule is C.Cc1cc(C)c(CN2c3ccccc3NC2C)c(C)c1/C=N/O. The Morgan fingerprint density at radius 1 is 1.21 bits per heavy atom. The van der Waals surface area contributed by atoms with Crippen molar-refractivity contribution in [1.29, 1.82) is 0 Å². The zero-order chi connectivity index (χ0) is 16.6. The maximum atomic E-state index is 8.93. The highest BCUT2D eigenvalue weighted by Gasteiger charge is 2.26. The molecule has 2 N–H and O–H groups in total. The van der Waals surface area contributed by atoms with E-state index >= 15 is 0 Å². The van der Waals surface area contributed by atoms with E-state index in [0.29, 0.717) is 0 Å². The summed E-state index contributed by atoms with van der Waals surface area (Å²) in [7, 11) is 0. The Kier molecular flexibility index (Phi) is 5.17. The minimum absolute atomic E-state index is 0. The van der Waals surface area contributed by atoms with E-state index in [2.05, 4.69) is 73.4 Å². The lowest BCUT2D eigenvalue weighted by atomic mass is 9.93. The van der Waals surface area contributed by atoms with Crippen molar-refractivity contribution in [2.45, 2.75) is 47.8 Å². The van der Waals surface area contributed by atoms with Crippen molar-refractivity contribution < 1.29 is 5.21 Å². The highest BCUT2D eigenvalue weighted by atomic mass is 16.4. The Bertz CT molecular complexity index is 768. The van der Waals surface area contributed by atoms with Crippen molar-refractivity contribution in [2.75, 3.05) is 10.2 Å². The fourth-order valence-corrected chi connectivity index (χ4v) is 3.49. The van der Waals surface area contributed by atoms with E-state index in [1.807, 2.05) is 0 Å². The van der Waals surface area contributed by atoms with Crippen LogP contribution >= 0.6 is 0 Å². The Balaban J connectivity index is 0.00000208. The molecule has 0 aromatic heterocycles. The van der Waals surface area contributed by atoms with Gasteiger partial charge in [-0.05, 0) is 62.1 Å². The molecule has 128 valence electrons. The molecule has 2 aromatic carbocycles. The molecule has 0 bridgehead atoms. The summed E-state index contributed by atoms with van der Waals surface area (Å²) < 4.78 is 0. The number of hydrogen-bond acceptors (Lipinski definition) is 4. The van der Waals surface area contributed by atoms with Crippen molar-refractivity contribution in [3.8, 4) is 0 Å². The highest BCUT2D eigenvalue weighted by Crippen LogP contribution is 2.36. The van der Waals surface area contributed by atoms with Crippen LogP contribution in [0.1, 0.15) is 42.2 Å². The molecule has 0 aliphatic carbocycles. The summed E-state index contributed by atoms with van der Waals surface area (Å²) in [5.41, 5.74) is 8.28. The maximum absolute atomic E-state index is 8.93. The largest absolute Gasteiger partial charge is 0.411 e. The molecule has 3 rings (SSSR count). The minimum Gasteiger partial charge on any atom is -0.411 e. The zero-order valence-electron chi connectivity index (χ0n) is 14.1. The molecule has 4 nitrogen and oxygen atoms in total. The number of hydrogen-bond donors (Lipinski definition) is 2. The maximum Gasteiger partial charge on any atom is 0.0965 e. The van der Waals surface area contributed by atoms with Gasteiger partial charge in [-0.25, -0.2) is 0 Å². The first-order valence-electron chi connectivity index (χ1n) is 7.92. The van der Waals surface area contributed by atoms with Crippen LogP contribution in [-0.2, 0) is 6.54 Å². The predicted octanol–water partition coefficient (Wildman–Crippen LogP) is 4.83. The Labute approximate surface area is 144 Å². The standard InChI is InChI=1S/C19H23N3O.CH4/c1-12-9-13(2)17(14(3)16(12)10-20-23)11-22-15(4)21-18-7-5-6-8-19(18)22;/h5-10,15,21,23H,11H2,1-4H3;1H4/b20-10+;. The third kappa shape index (κ3) is 2.96. The van der Waals surface area contributed by atoms with Gasteiger partial charge in [-0.3, -0.25) is 0 Å². The summed E-state index contributed by atoms with van der Waals surface area (Å²) in [5.74, 6) is 0. The molecular formula is C20H27N3O. The molecule has 0 saturated heterocycles. The fraction of sp³-hybridized carbons (Fsp3) is 0.350. The second-order valence-corrected chi connectivity index (χ2v) is 6.24. The molecular weight excluding hydrogens is 298 g/mol. The van der Waals surface area contributed by atoms with Gasteiger partial charge < -0.3 is 15.4 Å². The van der Waals surface area contributed by atoms with E-state index in [9.17, 15) is 0 Å². The van der Waals surface area contributed by atoms with Crippen LogP contribution in [0.5, 0.6) is 0 Å². The fourth-order valence-electron chi connectivity index (χ4n) is 3.49. The highest BCUT2D eigenvalue weighted by molar-refractivity contribution is 5.84. The molecule has 24 heavy (non-hydrogen) atoms. The number of fused-ring (bicyclic) bond motifs is 1. The van der Waals surface area contributed by atoms with Gasteiger partial charge in [0.05, 0.1) is 23.8 Å². The van der Waals surface area contributed by atoms with E-state index < -0.39 is 0 Å². The molecule has 0 spiro atoms. The van der Waals surface area contributed by atoms with Crippen molar-refractivity contribution in [3.05, 3.63) is 58.1 Å². The third-order valence-electron chi connectivity index (χ3n) is 4.75. The second-order valence-electron chi connectivity index (χ2n) is 6.24. The van der Waals surface area contributed by atoms with Crippen LogP contribution in [0.4, 0.5) is 11.4 Å². The number of nitrogens with one attached hydrogen (secondary N) is 1. The van der Waals surface area contributed by atoms with Gasteiger partial charge in [-0.1, -0.05) is 30.8 Å². The quantitative estimate of drug-likeness (QED) is 0.482. The number of nitrogens with zero attached hydrogens (tertiary/aromatic N) is 2. The molecule has 1 atom stereocenters. The summed E-state index contributed by atoms with van der Waals surface area (Å²) >= 11 is 0. The molecule has 1 aliphatic rings. The molecule has 0 saturated carbocycles. The molecule has 0 amide bonds. The first-order valence-corrected chi connectivity index (χ1v) is 7.92. The van der Waals surface area contributed by atoms with Gasteiger partial charge in [0.25, 0.3) is 0 Å². The molecule has 0 fully saturated rings. The van der Waals surface area contributed by atoms with E-state index in [-0.39, 0.29) is 13.6 Å². The van der Waals surface area contributed by atoms with Crippen LogP contribution in [0.2, 0.25) is 0 Å². The van der Waals surface area contributed by atoms with E-state index in [1.165, 1.54) is 34.3 Å². The minimum atomic E-state index is 0. The Hall–Kier alpha value is -2.49. The number of oxime groups is 1. The van der Waals surface area contributed by atoms with Crippen LogP contribution in [0, 0.1) is 20.8 Å². The summed E-state index contributed by atoms with van der Waals surface area (Å²) in [6.07, 6.45) is 1.79. The molecule has 1 aliphatic heterocycles. The molecule has 0 radical (unpaired) electrons. The van der Waals surface area contributed by atoms with Crippen LogP contribution in [-0.4, -0.2) is 17.6 Å². The van der Waals surface area contributed by atoms with Crippen molar-refractivity contribution in [1.82, 2.24) is 0 Å². The number of aryl methyl sites for hydroxylation is 2. The summed E-state index contributed by atoms with van der Waals surface area (Å²) in [6.45, 7) is 9.31. The van der Waals surface area contributed by atoms with Crippen LogP contribution in [0.25, 0.3) is 0 Å². The van der Waals surface area contributed by atoms with E-state index in [4.69, 9.17) is 5.21 Å². The summed E-state index contributed by atoms with van der Waals surface area (Å²) in [5, 5.41) is 15.7. The van der Waals surface area contributed by atoms with Gasteiger partial charge >= 0.3 is 0 Å². The Morgan fingerprint density at radius 3 is 2.62 bits per heavy atom. The third-order valence-corrected chi connectivity index (χ3v) is 4.75. The average Bonchev–Trinajstić information content (AvgIpc) is 2.83. The summed E-state index contributed by atoms with van der Waals surface area (Å²) in [6, 6.07) is 10.6. The monoisotopic (exact) mass is 325 g/mol. The summed E-state index contributed by atoms with van der Waals surface area (Å²) in [4.78, 5) is 2.37. The van der Waals surface area contributed by atoms with Crippen molar-refractivity contribution in [3.63, 3.8) is 0 Å². The van der Waals surface area contributed by atoms with E-state index in [1.54, 1.807) is 0 Å². The lowest BCUT2D eigenvalue weighted by Gasteiger charge is -2.26. The average molecular weight is 325 g/mol. The molecule has 2 aromatic rings. The zero-order valence-corrected chi connectivity index (χ0v) is 14.1. The van der Waals surface area contributed by atoms with Gasteiger partial charge in [0.1, 0.15) is 0 Å². The van der Waals surface area contributed by atoms with Crippen LogP contribution in [0.15, 0.2) is 35.5 Å². The Morgan fingerprint density at radius 2 is 1.92 bits per heavy atom. The molecule has 1 heterocycles. The van der Waals surface area contributed by atoms with Gasteiger partial charge in [0, 0.05) is 12.1 Å². The first kappa shape index (κ1) is 17.9. The number of benzene rings is 2. The van der Waals surface area contributed by atoms with Gasteiger partial charge in [0.2, 0.25) is 0 Å².